The van der Waals surface area contributed by atoms with Crippen molar-refractivity contribution in [1.29, 1.82) is 0 Å². The van der Waals surface area contributed by atoms with E-state index in [1.165, 1.54) is 0 Å². The van der Waals surface area contributed by atoms with Gasteiger partial charge in [0.2, 0.25) is 6.41 Å². The molecule has 0 aliphatic heterocycles. The third-order valence-corrected chi connectivity index (χ3v) is 5.37. The molecule has 1 aromatic heterocycles. The van der Waals surface area contributed by atoms with Crippen LogP contribution in [0.3, 0.4) is 0 Å². The number of amides is 1. The van der Waals surface area contributed by atoms with Crippen LogP contribution in [0.15, 0.2) is 59.4 Å². The molecule has 0 aliphatic carbocycles. The average Bonchev–Trinajstić information content (AvgIpc) is 2.76. The van der Waals surface area contributed by atoms with Crippen LogP contribution in [0.4, 0.5) is 5.69 Å². The monoisotopic (exact) mass is 391 g/mol. The van der Waals surface area contributed by atoms with Gasteiger partial charge < -0.3 is 10.3 Å². The molecule has 5 heteroatoms. The van der Waals surface area contributed by atoms with Gasteiger partial charge in [0.25, 0.3) is 5.56 Å². The van der Waals surface area contributed by atoms with Crippen molar-refractivity contribution in [2.75, 3.05) is 16.9 Å². The number of hydrogen-bond acceptors (Lipinski definition) is 3. The number of anilines is 1. The zero-order chi connectivity index (χ0) is 20.8. The maximum absolute atomic E-state index is 13.1. The van der Waals surface area contributed by atoms with E-state index in [2.05, 4.69) is 19.3 Å². The Hall–Kier alpha value is -3.08. The molecule has 1 atom stereocenters. The highest BCUT2D eigenvalue weighted by Crippen LogP contribution is 2.34. The van der Waals surface area contributed by atoms with Gasteiger partial charge in [0, 0.05) is 11.9 Å². The van der Waals surface area contributed by atoms with Gasteiger partial charge in [-0.05, 0) is 31.4 Å². The molecule has 2 aromatic carbocycles. The molecule has 0 saturated heterocycles. The molecule has 29 heavy (non-hydrogen) atoms. The highest BCUT2D eigenvalue weighted by Gasteiger charge is 2.25. The summed E-state index contributed by atoms with van der Waals surface area (Å²) in [5.41, 5.74) is 5.75. The van der Waals surface area contributed by atoms with E-state index in [9.17, 15) is 9.59 Å². The second-order valence-corrected chi connectivity index (χ2v) is 7.23. The molecule has 1 N–H and O–H groups in total. The fourth-order valence-corrected chi connectivity index (χ4v) is 3.88. The SMILES string of the molecule is CCCCNn1c(C)c(N(C=O)[C@@H](CC)c2ccccc2)c2ccccc2c1=O. The summed E-state index contributed by atoms with van der Waals surface area (Å²) in [5.74, 6) is 0. The van der Waals surface area contributed by atoms with Crippen LogP contribution in [0.2, 0.25) is 0 Å². The summed E-state index contributed by atoms with van der Waals surface area (Å²) in [5, 5.41) is 1.40. The van der Waals surface area contributed by atoms with Gasteiger partial charge in [0.15, 0.2) is 0 Å². The van der Waals surface area contributed by atoms with Crippen molar-refractivity contribution in [3.05, 3.63) is 76.2 Å². The maximum Gasteiger partial charge on any atom is 0.277 e. The number of unbranched alkanes of at least 4 members (excludes halogenated alkanes) is 1. The van der Waals surface area contributed by atoms with Crippen molar-refractivity contribution in [2.45, 2.75) is 46.1 Å². The van der Waals surface area contributed by atoms with Crippen molar-refractivity contribution in [1.82, 2.24) is 4.68 Å². The summed E-state index contributed by atoms with van der Waals surface area (Å²) < 4.78 is 1.60. The van der Waals surface area contributed by atoms with Gasteiger partial charge in [-0.3, -0.25) is 9.59 Å². The standard InChI is InChI=1S/C24H29N3O2/c1-4-6-16-25-27-18(3)23(20-14-10-11-15-21(20)24(27)29)26(17-28)22(5-2)19-12-8-7-9-13-19/h7-15,17,22,25H,4-6,16H2,1-3H3/t22-/m0/s1. The first-order chi connectivity index (χ1) is 14.1. The second-order valence-electron chi connectivity index (χ2n) is 7.23. The predicted octanol–water partition coefficient (Wildman–Crippen LogP) is 4.77. The third kappa shape index (κ3) is 4.04. The largest absolute Gasteiger partial charge is 0.323 e. The number of fused-ring (bicyclic) bond motifs is 1. The van der Waals surface area contributed by atoms with Crippen molar-refractivity contribution in [3.8, 4) is 0 Å². The first-order valence-electron chi connectivity index (χ1n) is 10.3. The van der Waals surface area contributed by atoms with E-state index in [0.29, 0.717) is 11.9 Å². The van der Waals surface area contributed by atoms with Gasteiger partial charge in [-0.15, -0.1) is 0 Å². The second kappa shape index (κ2) is 9.41. The van der Waals surface area contributed by atoms with Crippen molar-refractivity contribution >= 4 is 22.9 Å². The average molecular weight is 392 g/mol. The van der Waals surface area contributed by atoms with E-state index < -0.39 is 0 Å². The summed E-state index contributed by atoms with van der Waals surface area (Å²) >= 11 is 0. The Kier molecular flexibility index (Phi) is 6.70. The Morgan fingerprint density at radius 1 is 1.03 bits per heavy atom. The molecule has 5 nitrogen and oxygen atoms in total. The van der Waals surface area contributed by atoms with Crippen LogP contribution in [-0.4, -0.2) is 17.6 Å². The lowest BCUT2D eigenvalue weighted by atomic mass is 10.0. The number of carbonyl (C=O) groups is 1. The van der Waals surface area contributed by atoms with Crippen LogP contribution in [0.25, 0.3) is 10.8 Å². The van der Waals surface area contributed by atoms with Gasteiger partial charge in [-0.2, -0.15) is 0 Å². The van der Waals surface area contributed by atoms with Crippen molar-refractivity contribution < 1.29 is 4.79 Å². The molecule has 0 bridgehead atoms. The summed E-state index contributed by atoms with van der Waals surface area (Å²) in [6, 6.07) is 17.4. The first kappa shape index (κ1) is 20.6. The Morgan fingerprint density at radius 3 is 2.31 bits per heavy atom. The molecule has 3 rings (SSSR count). The van der Waals surface area contributed by atoms with E-state index in [1.807, 2.05) is 61.5 Å². The lowest BCUT2D eigenvalue weighted by Gasteiger charge is -2.31. The molecule has 1 amide bonds. The summed E-state index contributed by atoms with van der Waals surface area (Å²) in [4.78, 5) is 27.2. The van der Waals surface area contributed by atoms with Gasteiger partial charge in [-0.25, -0.2) is 4.68 Å². The molecular formula is C24H29N3O2. The zero-order valence-corrected chi connectivity index (χ0v) is 17.4. The fraction of sp³-hybridized carbons (Fsp3) is 0.333. The van der Waals surface area contributed by atoms with Crippen LogP contribution in [0.5, 0.6) is 0 Å². The number of pyridine rings is 1. The molecule has 3 aromatic rings. The minimum atomic E-state index is -0.114. The minimum absolute atomic E-state index is 0.0865. The van der Waals surface area contributed by atoms with E-state index in [0.717, 1.165) is 48.0 Å². The number of aromatic nitrogens is 1. The number of benzene rings is 2. The third-order valence-electron chi connectivity index (χ3n) is 5.37. The van der Waals surface area contributed by atoms with Crippen LogP contribution in [0.1, 0.15) is 50.4 Å². The molecule has 0 radical (unpaired) electrons. The van der Waals surface area contributed by atoms with Crippen molar-refractivity contribution in [3.63, 3.8) is 0 Å². The predicted molar refractivity (Wildman–Crippen MR) is 120 cm³/mol. The molecule has 0 spiro atoms. The lowest BCUT2D eigenvalue weighted by molar-refractivity contribution is -0.107. The Bertz CT molecular complexity index is 1030. The van der Waals surface area contributed by atoms with Crippen LogP contribution < -0.4 is 15.9 Å². The first-order valence-corrected chi connectivity index (χ1v) is 10.3. The zero-order valence-electron chi connectivity index (χ0n) is 17.4. The smallest absolute Gasteiger partial charge is 0.277 e. The molecule has 0 fully saturated rings. The van der Waals surface area contributed by atoms with E-state index >= 15 is 0 Å². The summed E-state index contributed by atoms with van der Waals surface area (Å²) in [6.45, 7) is 6.78. The molecule has 0 saturated carbocycles. The summed E-state index contributed by atoms with van der Waals surface area (Å²) in [7, 11) is 0. The fourth-order valence-electron chi connectivity index (χ4n) is 3.88. The van der Waals surface area contributed by atoms with Gasteiger partial charge in [0.1, 0.15) is 0 Å². The Labute approximate surface area is 171 Å². The Morgan fingerprint density at radius 2 is 1.69 bits per heavy atom. The van der Waals surface area contributed by atoms with Crippen LogP contribution in [-0.2, 0) is 4.79 Å². The molecule has 0 unspecified atom stereocenters. The topological polar surface area (TPSA) is 54.3 Å². The Balaban J connectivity index is 2.23. The highest BCUT2D eigenvalue weighted by molar-refractivity contribution is 5.99. The molecular weight excluding hydrogens is 362 g/mol. The van der Waals surface area contributed by atoms with Gasteiger partial charge in [0.05, 0.1) is 22.8 Å². The molecule has 152 valence electrons. The minimum Gasteiger partial charge on any atom is -0.323 e. The van der Waals surface area contributed by atoms with Gasteiger partial charge in [-0.1, -0.05) is 68.8 Å². The summed E-state index contributed by atoms with van der Waals surface area (Å²) in [6.07, 6.45) is 3.65. The molecule has 0 aliphatic rings. The number of nitrogens with zero attached hydrogens (tertiary/aromatic N) is 2. The van der Waals surface area contributed by atoms with Crippen LogP contribution in [0, 0.1) is 6.92 Å². The molecule has 1 heterocycles. The number of rotatable bonds is 9. The highest BCUT2D eigenvalue weighted by atomic mass is 16.1. The van der Waals surface area contributed by atoms with E-state index in [4.69, 9.17) is 0 Å². The number of nitrogens with one attached hydrogen (secondary N) is 1. The normalized spacial score (nSPS) is 12.0. The van der Waals surface area contributed by atoms with Crippen molar-refractivity contribution in [2.24, 2.45) is 0 Å². The quantitative estimate of drug-likeness (QED) is 0.422. The number of hydrogen-bond donors (Lipinski definition) is 1. The van der Waals surface area contributed by atoms with E-state index in [-0.39, 0.29) is 11.6 Å². The number of carbonyl (C=O) groups excluding carboxylic acids is 1. The maximum atomic E-state index is 13.1. The lowest BCUT2D eigenvalue weighted by Crippen LogP contribution is -2.35. The van der Waals surface area contributed by atoms with Gasteiger partial charge >= 0.3 is 0 Å². The van der Waals surface area contributed by atoms with Crippen LogP contribution >= 0.6 is 0 Å². The van der Waals surface area contributed by atoms with E-state index in [1.54, 1.807) is 9.58 Å².